The van der Waals surface area contributed by atoms with E-state index in [9.17, 15) is 0 Å². The average Bonchev–Trinajstić information content (AvgIpc) is 2.65. The van der Waals surface area contributed by atoms with E-state index in [1.807, 2.05) is 6.07 Å². The molecular weight excluding hydrogens is 266 g/mol. The molecule has 0 aliphatic heterocycles. The molecule has 0 aromatic carbocycles. The third-order valence-corrected chi connectivity index (χ3v) is 4.38. The van der Waals surface area contributed by atoms with Crippen LogP contribution in [0.15, 0.2) is 12.3 Å². The minimum absolute atomic E-state index is 0.483. The molecule has 0 radical (unpaired) electrons. The lowest BCUT2D eigenvalue weighted by Crippen LogP contribution is -2.17. The monoisotopic (exact) mass is 281 g/mol. The normalized spacial score (nSPS) is 24.6. The van der Waals surface area contributed by atoms with Crippen molar-refractivity contribution < 1.29 is 0 Å². The second kappa shape index (κ2) is 4.67. The number of nitrogens with one attached hydrogen (secondary N) is 1. The molecule has 0 amide bonds. The van der Waals surface area contributed by atoms with Gasteiger partial charge in [-0.3, -0.25) is 4.57 Å². The van der Waals surface area contributed by atoms with Crippen LogP contribution in [0.5, 0.6) is 0 Å². The Hall–Kier alpha value is -0.870. The zero-order chi connectivity index (χ0) is 12.7. The van der Waals surface area contributed by atoms with E-state index in [-0.39, 0.29) is 0 Å². The summed E-state index contributed by atoms with van der Waals surface area (Å²) in [6.45, 7) is 2.32. The number of rotatable bonds is 1. The maximum atomic E-state index is 5.96. The van der Waals surface area contributed by atoms with Crippen molar-refractivity contribution in [1.29, 1.82) is 0 Å². The van der Waals surface area contributed by atoms with Crippen LogP contribution < -0.4 is 0 Å². The van der Waals surface area contributed by atoms with Crippen LogP contribution in [-0.2, 0) is 0 Å². The predicted molar refractivity (Wildman–Crippen MR) is 76.6 cm³/mol. The van der Waals surface area contributed by atoms with Gasteiger partial charge in [-0.15, -0.1) is 0 Å². The number of aromatic amines is 1. The first-order valence-corrected chi connectivity index (χ1v) is 7.19. The molecule has 1 aliphatic rings. The molecule has 2 heterocycles. The molecule has 1 N–H and O–H groups in total. The first-order chi connectivity index (χ1) is 8.65. The van der Waals surface area contributed by atoms with Crippen LogP contribution in [0.2, 0.25) is 5.02 Å². The highest BCUT2D eigenvalue weighted by Gasteiger charge is 2.22. The summed E-state index contributed by atoms with van der Waals surface area (Å²) in [5.74, 6) is 0.836. The second-order valence-electron chi connectivity index (χ2n) is 5.24. The Balaban J connectivity index is 2.06. The Bertz CT molecular complexity index is 623. The van der Waals surface area contributed by atoms with Gasteiger partial charge in [-0.05, 0) is 49.9 Å². The predicted octanol–water partition coefficient (Wildman–Crippen LogP) is 4.50. The molecular formula is C13H16ClN3S. The fourth-order valence-electron chi connectivity index (χ4n) is 2.83. The summed E-state index contributed by atoms with van der Waals surface area (Å²) in [6, 6.07) is 2.37. The average molecular weight is 282 g/mol. The van der Waals surface area contributed by atoms with Gasteiger partial charge < -0.3 is 4.98 Å². The van der Waals surface area contributed by atoms with E-state index in [4.69, 9.17) is 23.8 Å². The molecule has 1 fully saturated rings. The van der Waals surface area contributed by atoms with Gasteiger partial charge in [0.2, 0.25) is 0 Å². The molecule has 0 atom stereocenters. The largest absolute Gasteiger partial charge is 0.329 e. The van der Waals surface area contributed by atoms with E-state index in [0.29, 0.717) is 11.1 Å². The molecule has 2 aromatic heterocycles. The van der Waals surface area contributed by atoms with Crippen molar-refractivity contribution in [3.63, 3.8) is 0 Å². The summed E-state index contributed by atoms with van der Waals surface area (Å²) in [4.78, 5) is 7.64. The molecule has 3 nitrogen and oxygen atoms in total. The van der Waals surface area contributed by atoms with Crippen LogP contribution >= 0.6 is 23.8 Å². The van der Waals surface area contributed by atoms with Gasteiger partial charge >= 0.3 is 0 Å². The van der Waals surface area contributed by atoms with Crippen molar-refractivity contribution >= 4 is 35.0 Å². The van der Waals surface area contributed by atoms with E-state index >= 15 is 0 Å². The van der Waals surface area contributed by atoms with Gasteiger partial charge in [-0.2, -0.15) is 0 Å². The SMILES string of the molecule is CC1CCC(n2c(=S)[nH]c3cc(Cl)cnc32)CC1. The van der Waals surface area contributed by atoms with Gasteiger partial charge in [0.05, 0.1) is 10.5 Å². The van der Waals surface area contributed by atoms with Crippen molar-refractivity contribution in [3.8, 4) is 0 Å². The maximum absolute atomic E-state index is 5.96. The van der Waals surface area contributed by atoms with Gasteiger partial charge in [0.1, 0.15) is 0 Å². The molecule has 0 bridgehead atoms. The highest BCUT2D eigenvalue weighted by Crippen LogP contribution is 2.33. The number of hydrogen-bond acceptors (Lipinski definition) is 2. The summed E-state index contributed by atoms with van der Waals surface area (Å²) in [6.07, 6.45) is 6.60. The molecule has 18 heavy (non-hydrogen) atoms. The fourth-order valence-corrected chi connectivity index (χ4v) is 3.33. The van der Waals surface area contributed by atoms with Gasteiger partial charge in [0, 0.05) is 12.2 Å². The van der Waals surface area contributed by atoms with Crippen LogP contribution in [0, 0.1) is 10.7 Å². The summed E-state index contributed by atoms with van der Waals surface area (Å²) < 4.78 is 2.94. The van der Waals surface area contributed by atoms with Gasteiger partial charge in [-0.25, -0.2) is 4.98 Å². The number of H-pyrrole nitrogens is 1. The first-order valence-electron chi connectivity index (χ1n) is 6.41. The summed E-state index contributed by atoms with van der Waals surface area (Å²) in [5.41, 5.74) is 1.87. The topological polar surface area (TPSA) is 33.6 Å². The number of fused-ring (bicyclic) bond motifs is 1. The molecule has 1 saturated carbocycles. The summed E-state index contributed by atoms with van der Waals surface area (Å²) in [7, 11) is 0. The molecule has 0 saturated heterocycles. The Morgan fingerprint density at radius 2 is 2.11 bits per heavy atom. The van der Waals surface area contributed by atoms with E-state index in [0.717, 1.165) is 21.9 Å². The van der Waals surface area contributed by atoms with Gasteiger partial charge in [0.15, 0.2) is 10.4 Å². The highest BCUT2D eigenvalue weighted by atomic mass is 35.5. The molecule has 2 aromatic rings. The maximum Gasteiger partial charge on any atom is 0.179 e. The van der Waals surface area contributed by atoms with E-state index in [2.05, 4.69) is 21.5 Å². The van der Waals surface area contributed by atoms with E-state index in [1.165, 1.54) is 25.7 Å². The lowest BCUT2D eigenvalue weighted by Gasteiger charge is -2.27. The molecule has 5 heteroatoms. The summed E-state index contributed by atoms with van der Waals surface area (Å²) in [5, 5.41) is 0.642. The van der Waals surface area contributed by atoms with Crippen molar-refractivity contribution in [3.05, 3.63) is 22.1 Å². The summed E-state index contributed by atoms with van der Waals surface area (Å²) >= 11 is 11.4. The van der Waals surface area contributed by atoms with Crippen molar-refractivity contribution in [2.75, 3.05) is 0 Å². The number of halogens is 1. The first kappa shape index (κ1) is 12.2. The highest BCUT2D eigenvalue weighted by molar-refractivity contribution is 7.71. The smallest absolute Gasteiger partial charge is 0.179 e. The number of aromatic nitrogens is 3. The quantitative estimate of drug-likeness (QED) is 0.781. The fraction of sp³-hybridized carbons (Fsp3) is 0.538. The number of hydrogen-bond donors (Lipinski definition) is 1. The number of nitrogens with zero attached hydrogens (tertiary/aromatic N) is 2. The Morgan fingerprint density at radius 1 is 1.39 bits per heavy atom. The third kappa shape index (κ3) is 2.08. The Kier molecular flexibility index (Phi) is 3.16. The van der Waals surface area contributed by atoms with E-state index < -0.39 is 0 Å². The molecule has 0 unspecified atom stereocenters. The Morgan fingerprint density at radius 3 is 2.83 bits per heavy atom. The van der Waals surface area contributed by atoms with Crippen molar-refractivity contribution in [1.82, 2.24) is 14.5 Å². The van der Waals surface area contributed by atoms with Crippen LogP contribution in [0.1, 0.15) is 38.6 Å². The minimum atomic E-state index is 0.483. The van der Waals surface area contributed by atoms with Crippen LogP contribution in [0.3, 0.4) is 0 Å². The lowest BCUT2D eigenvalue weighted by molar-refractivity contribution is 0.291. The molecule has 96 valence electrons. The second-order valence-corrected chi connectivity index (χ2v) is 6.06. The van der Waals surface area contributed by atoms with Crippen LogP contribution in [-0.4, -0.2) is 14.5 Å². The van der Waals surface area contributed by atoms with Crippen LogP contribution in [0.4, 0.5) is 0 Å². The minimum Gasteiger partial charge on any atom is -0.329 e. The zero-order valence-electron chi connectivity index (χ0n) is 10.3. The van der Waals surface area contributed by atoms with E-state index in [1.54, 1.807) is 6.20 Å². The van der Waals surface area contributed by atoms with Gasteiger partial charge in [-0.1, -0.05) is 18.5 Å². The number of imidazole rings is 1. The van der Waals surface area contributed by atoms with Gasteiger partial charge in [0.25, 0.3) is 0 Å². The zero-order valence-corrected chi connectivity index (χ0v) is 11.9. The number of pyridine rings is 1. The lowest BCUT2D eigenvalue weighted by atomic mass is 9.87. The Labute approximate surface area is 116 Å². The third-order valence-electron chi connectivity index (χ3n) is 3.87. The molecule has 3 rings (SSSR count). The van der Waals surface area contributed by atoms with Crippen LogP contribution in [0.25, 0.3) is 11.2 Å². The standard InChI is InChI=1S/C13H16ClN3S/c1-8-2-4-10(5-3-8)17-12-11(16-13(17)18)6-9(14)7-15-12/h6-8,10H,2-5H2,1H3,(H,16,18). The molecule has 1 aliphatic carbocycles. The van der Waals surface area contributed by atoms with Crippen molar-refractivity contribution in [2.45, 2.75) is 38.6 Å². The molecule has 0 spiro atoms. The van der Waals surface area contributed by atoms with Crippen molar-refractivity contribution in [2.24, 2.45) is 5.92 Å².